The molecule has 2 aromatic carbocycles. The Morgan fingerprint density at radius 1 is 1.17 bits per heavy atom. The molecule has 0 saturated carbocycles. The minimum absolute atomic E-state index is 0.239. The summed E-state index contributed by atoms with van der Waals surface area (Å²) in [7, 11) is 1.42. The topological polar surface area (TPSA) is 54.6 Å². The molecule has 0 spiro atoms. The van der Waals surface area contributed by atoms with Crippen LogP contribution in [0.4, 0.5) is 0 Å². The van der Waals surface area contributed by atoms with Gasteiger partial charge in [0.15, 0.2) is 5.71 Å². The zero-order valence-electron chi connectivity index (χ0n) is 13.6. The Hall–Kier alpha value is -2.80. The lowest BCUT2D eigenvalue weighted by Crippen LogP contribution is -2.06. The second-order valence-corrected chi connectivity index (χ2v) is 5.41. The zero-order valence-corrected chi connectivity index (χ0v) is 13.6. The quantitative estimate of drug-likeness (QED) is 0.591. The summed E-state index contributed by atoms with van der Waals surface area (Å²) in [6, 6.07) is 17.6. The van der Waals surface area contributed by atoms with E-state index in [2.05, 4.69) is 31.1 Å². The van der Waals surface area contributed by atoms with Crippen LogP contribution < -0.4 is 4.74 Å². The molecule has 0 unspecified atom stereocenters. The highest BCUT2D eigenvalue weighted by Gasteiger charge is 2.10. The highest BCUT2D eigenvalue weighted by atomic mass is 16.6. The molecule has 0 fully saturated rings. The van der Waals surface area contributed by atoms with E-state index in [1.807, 2.05) is 42.5 Å². The number of nitriles is 1. The van der Waals surface area contributed by atoms with Crippen LogP contribution in [0.2, 0.25) is 0 Å². The maximum absolute atomic E-state index is 9.22. The van der Waals surface area contributed by atoms with Gasteiger partial charge in [-0.15, -0.1) is 0 Å². The number of hydrogen-bond acceptors (Lipinski definition) is 4. The molecule has 0 aliphatic heterocycles. The molecule has 0 N–H and O–H groups in total. The van der Waals surface area contributed by atoms with Crippen molar-refractivity contribution in [3.8, 4) is 11.8 Å². The normalized spacial score (nSPS) is 11.2. The maximum Gasteiger partial charge on any atom is 0.187 e. The molecule has 0 aliphatic carbocycles. The molecule has 2 aromatic rings. The van der Waals surface area contributed by atoms with Crippen LogP contribution in [-0.4, -0.2) is 12.8 Å². The second-order valence-electron chi connectivity index (χ2n) is 5.41. The lowest BCUT2D eigenvalue weighted by Gasteiger charge is -2.12. The van der Waals surface area contributed by atoms with Crippen molar-refractivity contribution in [1.82, 2.24) is 0 Å². The van der Waals surface area contributed by atoms with Gasteiger partial charge in [0.1, 0.15) is 25.5 Å². The zero-order chi connectivity index (χ0) is 16.7. The van der Waals surface area contributed by atoms with Crippen molar-refractivity contribution >= 4 is 5.71 Å². The first-order chi connectivity index (χ1) is 11.2. The molecule has 23 heavy (non-hydrogen) atoms. The largest absolute Gasteiger partial charge is 0.489 e. The predicted octanol–water partition coefficient (Wildman–Crippen LogP) is 4.26. The van der Waals surface area contributed by atoms with Crippen molar-refractivity contribution in [3.63, 3.8) is 0 Å². The van der Waals surface area contributed by atoms with Crippen LogP contribution in [0, 0.1) is 11.3 Å². The molecule has 4 nitrogen and oxygen atoms in total. The van der Waals surface area contributed by atoms with Crippen LogP contribution in [0.15, 0.2) is 53.7 Å². The maximum atomic E-state index is 9.22. The van der Waals surface area contributed by atoms with Gasteiger partial charge < -0.3 is 9.57 Å². The van der Waals surface area contributed by atoms with Crippen molar-refractivity contribution in [3.05, 3.63) is 65.2 Å². The van der Waals surface area contributed by atoms with Crippen LogP contribution in [-0.2, 0) is 11.4 Å². The number of nitrogens with zero attached hydrogens (tertiary/aromatic N) is 2. The summed E-state index contributed by atoms with van der Waals surface area (Å²) in [4.78, 5) is 4.73. The lowest BCUT2D eigenvalue weighted by molar-refractivity contribution is 0.214. The smallest absolute Gasteiger partial charge is 0.187 e. The molecule has 0 heterocycles. The SMILES string of the molecule is CON=C(C#N)c1ccccc1COc1cccc(C(C)C)c1. The third-order valence-corrected chi connectivity index (χ3v) is 3.48. The molecular weight excluding hydrogens is 288 g/mol. The second kappa shape index (κ2) is 8.00. The Morgan fingerprint density at radius 3 is 2.65 bits per heavy atom. The Morgan fingerprint density at radius 2 is 1.96 bits per heavy atom. The van der Waals surface area contributed by atoms with E-state index < -0.39 is 0 Å². The van der Waals surface area contributed by atoms with Gasteiger partial charge in [0.2, 0.25) is 0 Å². The van der Waals surface area contributed by atoms with Gasteiger partial charge in [0.05, 0.1) is 0 Å². The van der Waals surface area contributed by atoms with Crippen molar-refractivity contribution in [2.24, 2.45) is 5.16 Å². The van der Waals surface area contributed by atoms with E-state index >= 15 is 0 Å². The average Bonchev–Trinajstić information content (AvgIpc) is 2.58. The molecule has 0 aliphatic rings. The Bertz CT molecular complexity index is 730. The van der Waals surface area contributed by atoms with E-state index in [4.69, 9.17) is 9.57 Å². The van der Waals surface area contributed by atoms with Gasteiger partial charge in [-0.2, -0.15) is 5.26 Å². The van der Waals surface area contributed by atoms with Gasteiger partial charge in [-0.3, -0.25) is 0 Å². The number of benzene rings is 2. The average molecular weight is 308 g/mol. The van der Waals surface area contributed by atoms with E-state index in [1.165, 1.54) is 12.7 Å². The van der Waals surface area contributed by atoms with Crippen LogP contribution in [0.25, 0.3) is 0 Å². The Labute approximate surface area is 137 Å². The number of rotatable bonds is 6. The molecule has 0 aromatic heterocycles. The summed E-state index contributed by atoms with van der Waals surface area (Å²) in [6.45, 7) is 4.66. The van der Waals surface area contributed by atoms with Crippen molar-refractivity contribution in [2.75, 3.05) is 7.11 Å². The highest BCUT2D eigenvalue weighted by molar-refractivity contribution is 6.12. The number of ether oxygens (including phenoxy) is 1. The molecule has 118 valence electrons. The summed E-state index contributed by atoms with van der Waals surface area (Å²) in [6.07, 6.45) is 0. The van der Waals surface area contributed by atoms with E-state index in [0.29, 0.717) is 12.5 Å². The first kappa shape index (κ1) is 16.6. The first-order valence-electron chi connectivity index (χ1n) is 7.48. The van der Waals surface area contributed by atoms with Crippen LogP contribution in [0.3, 0.4) is 0 Å². The van der Waals surface area contributed by atoms with Crippen LogP contribution in [0.1, 0.15) is 36.5 Å². The van der Waals surface area contributed by atoms with E-state index in [-0.39, 0.29) is 5.71 Å². The van der Waals surface area contributed by atoms with Crippen LogP contribution in [0.5, 0.6) is 5.75 Å². The van der Waals surface area contributed by atoms with Gasteiger partial charge in [-0.05, 0) is 29.2 Å². The molecular formula is C19H20N2O2. The first-order valence-corrected chi connectivity index (χ1v) is 7.48. The van der Waals surface area contributed by atoms with Gasteiger partial charge in [-0.1, -0.05) is 55.4 Å². The minimum atomic E-state index is 0.239. The fourth-order valence-corrected chi connectivity index (χ4v) is 2.22. The van der Waals surface area contributed by atoms with Gasteiger partial charge in [0.25, 0.3) is 0 Å². The van der Waals surface area contributed by atoms with Crippen molar-refractivity contribution in [1.29, 1.82) is 5.26 Å². The summed E-state index contributed by atoms with van der Waals surface area (Å²) >= 11 is 0. The molecule has 0 amide bonds. The molecule has 0 atom stereocenters. The van der Waals surface area contributed by atoms with Crippen LogP contribution >= 0.6 is 0 Å². The monoisotopic (exact) mass is 308 g/mol. The standard InChI is InChI=1S/C19H20N2O2/c1-14(2)15-8-6-9-17(11-15)23-13-16-7-4-5-10-18(16)19(12-20)21-22-3/h4-11,14H,13H2,1-3H3. The third kappa shape index (κ3) is 4.33. The predicted molar refractivity (Wildman–Crippen MR) is 90.5 cm³/mol. The number of oxime groups is 1. The van der Waals surface area contributed by atoms with E-state index in [0.717, 1.165) is 16.9 Å². The summed E-state index contributed by atoms with van der Waals surface area (Å²) < 4.78 is 5.89. The number of hydrogen-bond donors (Lipinski definition) is 0. The third-order valence-electron chi connectivity index (χ3n) is 3.48. The van der Waals surface area contributed by atoms with Gasteiger partial charge >= 0.3 is 0 Å². The lowest BCUT2D eigenvalue weighted by atomic mass is 10.0. The van der Waals surface area contributed by atoms with E-state index in [9.17, 15) is 5.26 Å². The fraction of sp³-hybridized carbons (Fsp3) is 0.263. The summed E-state index contributed by atoms with van der Waals surface area (Å²) in [5, 5.41) is 13.0. The molecule has 0 bridgehead atoms. The fourth-order valence-electron chi connectivity index (χ4n) is 2.22. The van der Waals surface area contributed by atoms with Crippen molar-refractivity contribution < 1.29 is 9.57 Å². The molecule has 0 saturated heterocycles. The molecule has 4 heteroatoms. The minimum Gasteiger partial charge on any atom is -0.489 e. The highest BCUT2D eigenvalue weighted by Crippen LogP contribution is 2.21. The van der Waals surface area contributed by atoms with Gasteiger partial charge in [-0.25, -0.2) is 0 Å². The van der Waals surface area contributed by atoms with E-state index in [1.54, 1.807) is 0 Å². The Kier molecular flexibility index (Phi) is 5.76. The summed E-state index contributed by atoms with van der Waals surface area (Å²) in [5.41, 5.74) is 3.08. The molecule has 0 radical (unpaired) electrons. The summed E-state index contributed by atoms with van der Waals surface area (Å²) in [5.74, 6) is 1.26. The van der Waals surface area contributed by atoms with Gasteiger partial charge in [0, 0.05) is 5.56 Å². The van der Waals surface area contributed by atoms with Crippen molar-refractivity contribution in [2.45, 2.75) is 26.4 Å². The Balaban J connectivity index is 2.20. The molecule has 2 rings (SSSR count).